The highest BCUT2D eigenvalue weighted by molar-refractivity contribution is 5.76. The summed E-state index contributed by atoms with van der Waals surface area (Å²) in [6.45, 7) is 11.0. The maximum Gasteiger partial charge on any atom is 0.222 e. The first-order valence-corrected chi connectivity index (χ1v) is 4.71. The second-order valence-corrected chi connectivity index (χ2v) is 3.03. The highest BCUT2D eigenvalue weighted by Crippen LogP contribution is 2.02. The van der Waals surface area contributed by atoms with Gasteiger partial charge in [0.15, 0.2) is 0 Å². The summed E-state index contributed by atoms with van der Waals surface area (Å²) in [4.78, 5) is 21.2. The van der Waals surface area contributed by atoms with Gasteiger partial charge in [0, 0.05) is 19.0 Å². The molecule has 78 valence electrons. The third-order valence-electron chi connectivity index (χ3n) is 1.71. The van der Waals surface area contributed by atoms with Crippen LogP contribution in [0, 0.1) is 0 Å². The molecule has 0 N–H and O–H groups in total. The summed E-state index contributed by atoms with van der Waals surface area (Å²) < 4.78 is 0. The molecule has 1 amide bonds. The summed E-state index contributed by atoms with van der Waals surface area (Å²) in [6.07, 6.45) is 1.67. The van der Waals surface area contributed by atoms with Crippen LogP contribution in [0.25, 0.3) is 0 Å². The van der Waals surface area contributed by atoms with Crippen molar-refractivity contribution in [2.75, 3.05) is 6.54 Å². The standard InChI is InChI=1S/C9H19NO.CH2O/c1-5-7-10(8(3)4)9(11)6-2;1-2/h8H,5-7H2,1-4H3;1H2. The van der Waals surface area contributed by atoms with E-state index in [-0.39, 0.29) is 5.91 Å². The van der Waals surface area contributed by atoms with Crippen molar-refractivity contribution in [2.24, 2.45) is 0 Å². The Balaban J connectivity index is 0. The number of hydrogen-bond acceptors (Lipinski definition) is 2. The van der Waals surface area contributed by atoms with Crippen LogP contribution in [0.2, 0.25) is 0 Å². The fourth-order valence-corrected chi connectivity index (χ4v) is 1.11. The zero-order valence-corrected chi connectivity index (χ0v) is 9.17. The lowest BCUT2D eigenvalue weighted by atomic mass is 10.2. The van der Waals surface area contributed by atoms with Gasteiger partial charge < -0.3 is 9.69 Å². The molecule has 0 radical (unpaired) electrons. The van der Waals surface area contributed by atoms with Gasteiger partial charge in [0.05, 0.1) is 0 Å². The Bertz CT molecular complexity index is 135. The fourth-order valence-electron chi connectivity index (χ4n) is 1.11. The van der Waals surface area contributed by atoms with E-state index in [1.807, 2.05) is 18.6 Å². The molecule has 0 saturated heterocycles. The van der Waals surface area contributed by atoms with Crippen LogP contribution in [0.15, 0.2) is 0 Å². The van der Waals surface area contributed by atoms with Gasteiger partial charge >= 0.3 is 0 Å². The zero-order chi connectivity index (χ0) is 10.9. The van der Waals surface area contributed by atoms with Crippen LogP contribution in [0.4, 0.5) is 0 Å². The third-order valence-corrected chi connectivity index (χ3v) is 1.71. The van der Waals surface area contributed by atoms with E-state index in [0.29, 0.717) is 12.5 Å². The second-order valence-electron chi connectivity index (χ2n) is 3.03. The predicted molar refractivity (Wildman–Crippen MR) is 54.6 cm³/mol. The van der Waals surface area contributed by atoms with Crippen LogP contribution >= 0.6 is 0 Å². The maximum atomic E-state index is 11.3. The van der Waals surface area contributed by atoms with Crippen molar-refractivity contribution in [1.82, 2.24) is 4.90 Å². The van der Waals surface area contributed by atoms with E-state index in [1.165, 1.54) is 0 Å². The number of hydrogen-bond donors (Lipinski definition) is 0. The lowest BCUT2D eigenvalue weighted by Crippen LogP contribution is -2.36. The lowest BCUT2D eigenvalue weighted by molar-refractivity contribution is -0.132. The Hall–Kier alpha value is -0.860. The smallest absolute Gasteiger partial charge is 0.222 e. The molecule has 3 heteroatoms. The van der Waals surface area contributed by atoms with Gasteiger partial charge in [0.2, 0.25) is 5.91 Å². The van der Waals surface area contributed by atoms with Crippen molar-refractivity contribution in [1.29, 1.82) is 0 Å². The average molecular weight is 187 g/mol. The maximum absolute atomic E-state index is 11.3. The molecule has 0 aliphatic carbocycles. The summed E-state index contributed by atoms with van der Waals surface area (Å²) in [6, 6.07) is 0.349. The first kappa shape index (κ1) is 14.7. The van der Waals surface area contributed by atoms with Crippen LogP contribution < -0.4 is 0 Å². The van der Waals surface area contributed by atoms with E-state index in [1.54, 1.807) is 0 Å². The quantitative estimate of drug-likeness (QED) is 0.673. The van der Waals surface area contributed by atoms with Gasteiger partial charge in [-0.3, -0.25) is 4.79 Å². The minimum Gasteiger partial charge on any atom is -0.340 e. The topological polar surface area (TPSA) is 37.4 Å². The number of amides is 1. The second kappa shape index (κ2) is 9.23. The van der Waals surface area contributed by atoms with Gasteiger partial charge in [-0.15, -0.1) is 0 Å². The molecule has 3 nitrogen and oxygen atoms in total. The molecule has 0 aromatic rings. The van der Waals surface area contributed by atoms with Crippen LogP contribution in [-0.4, -0.2) is 30.2 Å². The van der Waals surface area contributed by atoms with Crippen LogP contribution in [-0.2, 0) is 9.59 Å². The summed E-state index contributed by atoms with van der Waals surface area (Å²) >= 11 is 0. The Morgan fingerprint density at radius 3 is 2.00 bits per heavy atom. The van der Waals surface area contributed by atoms with E-state index < -0.39 is 0 Å². The predicted octanol–water partition coefficient (Wildman–Crippen LogP) is 1.86. The molecule has 0 spiro atoms. The van der Waals surface area contributed by atoms with Crippen molar-refractivity contribution < 1.29 is 9.59 Å². The third kappa shape index (κ3) is 6.31. The van der Waals surface area contributed by atoms with E-state index >= 15 is 0 Å². The highest BCUT2D eigenvalue weighted by Gasteiger charge is 2.12. The van der Waals surface area contributed by atoms with Gasteiger partial charge in [-0.2, -0.15) is 0 Å². The molecule has 0 saturated carbocycles. The molecular formula is C10H21NO2. The molecule has 0 heterocycles. The number of carbonyl (C=O) groups excluding carboxylic acids is 2. The monoisotopic (exact) mass is 187 g/mol. The first-order valence-electron chi connectivity index (χ1n) is 4.71. The van der Waals surface area contributed by atoms with E-state index in [4.69, 9.17) is 4.79 Å². The van der Waals surface area contributed by atoms with Crippen LogP contribution in [0.5, 0.6) is 0 Å². The number of rotatable bonds is 4. The summed E-state index contributed by atoms with van der Waals surface area (Å²) in [5.41, 5.74) is 0. The molecule has 0 unspecified atom stereocenters. The Morgan fingerprint density at radius 1 is 1.31 bits per heavy atom. The number of nitrogens with zero attached hydrogens (tertiary/aromatic N) is 1. The van der Waals surface area contributed by atoms with E-state index in [0.717, 1.165) is 13.0 Å². The molecule has 0 atom stereocenters. The van der Waals surface area contributed by atoms with Crippen molar-refractivity contribution in [3.63, 3.8) is 0 Å². The van der Waals surface area contributed by atoms with E-state index in [9.17, 15) is 4.79 Å². The minimum atomic E-state index is 0.266. The lowest BCUT2D eigenvalue weighted by Gasteiger charge is -2.25. The van der Waals surface area contributed by atoms with Crippen molar-refractivity contribution >= 4 is 12.7 Å². The van der Waals surface area contributed by atoms with Gasteiger partial charge in [0.1, 0.15) is 6.79 Å². The number of carbonyl (C=O) groups is 2. The minimum absolute atomic E-state index is 0.266. The van der Waals surface area contributed by atoms with Gasteiger partial charge in [-0.1, -0.05) is 13.8 Å². The van der Waals surface area contributed by atoms with Gasteiger partial charge in [0.25, 0.3) is 0 Å². The summed E-state index contributed by atoms with van der Waals surface area (Å²) in [7, 11) is 0. The van der Waals surface area contributed by atoms with Crippen molar-refractivity contribution in [3.05, 3.63) is 0 Å². The first-order chi connectivity index (χ1) is 6.13. The zero-order valence-electron chi connectivity index (χ0n) is 9.17. The Morgan fingerprint density at radius 2 is 1.77 bits per heavy atom. The molecule has 0 fully saturated rings. The SMILES string of the molecule is C=O.CCCN(C(=O)CC)C(C)C. The molecule has 0 aliphatic heterocycles. The molecule has 13 heavy (non-hydrogen) atoms. The summed E-state index contributed by atoms with van der Waals surface area (Å²) in [5, 5.41) is 0. The normalized spacial score (nSPS) is 9.00. The Labute approximate surface area is 81.1 Å². The summed E-state index contributed by atoms with van der Waals surface area (Å²) in [5.74, 6) is 0.266. The Kier molecular flexibility index (Phi) is 10.4. The fraction of sp³-hybridized carbons (Fsp3) is 0.800. The largest absolute Gasteiger partial charge is 0.340 e. The highest BCUT2D eigenvalue weighted by atomic mass is 16.2. The van der Waals surface area contributed by atoms with Gasteiger partial charge in [-0.25, -0.2) is 0 Å². The molecule has 0 bridgehead atoms. The average Bonchev–Trinajstić information content (AvgIpc) is 2.15. The molecule has 0 aromatic carbocycles. The van der Waals surface area contributed by atoms with E-state index in [2.05, 4.69) is 20.8 Å². The van der Waals surface area contributed by atoms with Crippen molar-refractivity contribution in [3.8, 4) is 0 Å². The molecule has 0 aliphatic rings. The molecule has 0 aromatic heterocycles. The van der Waals surface area contributed by atoms with Crippen LogP contribution in [0.3, 0.4) is 0 Å². The molecule has 0 rings (SSSR count). The molecular weight excluding hydrogens is 166 g/mol. The van der Waals surface area contributed by atoms with Gasteiger partial charge in [-0.05, 0) is 20.3 Å². The van der Waals surface area contributed by atoms with Crippen LogP contribution in [0.1, 0.15) is 40.5 Å². The van der Waals surface area contributed by atoms with Crippen molar-refractivity contribution in [2.45, 2.75) is 46.6 Å².